The summed E-state index contributed by atoms with van der Waals surface area (Å²) in [5, 5.41) is 7.14. The molecule has 6 rings (SSSR count). The first-order valence-corrected chi connectivity index (χ1v) is 19.9. The molecule has 5 atom stereocenters. The molecule has 3 aromatic rings. The Morgan fingerprint density at radius 3 is 2.44 bits per heavy atom. The summed E-state index contributed by atoms with van der Waals surface area (Å²) < 4.78 is 39.0. The van der Waals surface area contributed by atoms with E-state index >= 15 is 0 Å². The average molecular weight is 867 g/mol. The number of halogens is 2. The molecule has 3 aliphatic rings. The number of ether oxygens (including phenoxy) is 2. The molecule has 0 radical (unpaired) electrons. The van der Waals surface area contributed by atoms with E-state index in [4.69, 9.17) is 26.8 Å². The van der Waals surface area contributed by atoms with Gasteiger partial charge in [-0.15, -0.1) is 0 Å². The standard InChI is InChI=1S/C35H40ClIN6O8S/c1-34(2,3)28(40-20-7-5-6-18(12-20)29(38)44)32(46)43-17-21(51-31-24-13-19(36)8-11-23(24)26(50-4)16-39-31)14-25(43)30(45)41-35(15-27(35)37)33(47)42-52(48,49)22-9-10-22/h5-8,11-13,16,21-22,25,27-28,40H,9-10,14-15,17H2,1-4H3,(H2,38,44)(H,41,45)(H,42,47)/t21-,25+,27-,28-,35-/m1/s1. The molecule has 17 heteroatoms. The van der Waals surface area contributed by atoms with E-state index in [0.717, 1.165) is 0 Å². The van der Waals surface area contributed by atoms with Gasteiger partial charge in [-0.05, 0) is 61.1 Å². The molecule has 0 bridgehead atoms. The number of nitrogens with zero attached hydrogens (tertiary/aromatic N) is 2. The van der Waals surface area contributed by atoms with Gasteiger partial charge >= 0.3 is 0 Å². The van der Waals surface area contributed by atoms with Gasteiger partial charge in [0.15, 0.2) is 0 Å². The van der Waals surface area contributed by atoms with Crippen LogP contribution in [0.2, 0.25) is 5.02 Å². The van der Waals surface area contributed by atoms with Crippen LogP contribution in [0.25, 0.3) is 10.8 Å². The lowest BCUT2D eigenvalue weighted by Gasteiger charge is -2.36. The summed E-state index contributed by atoms with van der Waals surface area (Å²) in [4.78, 5) is 60.1. The minimum absolute atomic E-state index is 0.0226. The molecule has 52 heavy (non-hydrogen) atoms. The highest BCUT2D eigenvalue weighted by Gasteiger charge is 2.62. The van der Waals surface area contributed by atoms with Gasteiger partial charge < -0.3 is 30.7 Å². The molecule has 1 saturated heterocycles. The molecule has 278 valence electrons. The number of benzene rings is 2. The number of alkyl halides is 1. The lowest BCUT2D eigenvalue weighted by molar-refractivity contribution is -0.141. The van der Waals surface area contributed by atoms with E-state index in [0.29, 0.717) is 40.1 Å². The van der Waals surface area contributed by atoms with Gasteiger partial charge in [0.25, 0.3) is 5.91 Å². The van der Waals surface area contributed by atoms with Crippen molar-refractivity contribution >= 4 is 84.3 Å². The fraction of sp³-hybridized carbons (Fsp3) is 0.457. The SMILES string of the molecule is COc1cnc(O[C@@H]2C[C@@H](C(=O)N[C@]3(C(=O)NS(=O)(=O)C4CC4)C[C@H]3I)N(C(=O)[C@@H](Nc3cccc(C(N)=O)c3)C(C)(C)C)C2)c2cc(Cl)ccc12. The molecule has 5 N–H and O–H groups in total. The maximum atomic E-state index is 14.6. The van der Waals surface area contributed by atoms with E-state index in [1.807, 2.05) is 43.4 Å². The molecule has 2 heterocycles. The zero-order chi connectivity index (χ0) is 37.7. The Hall–Kier alpha value is -3.90. The van der Waals surface area contributed by atoms with Crippen molar-refractivity contribution in [3.63, 3.8) is 0 Å². The van der Waals surface area contributed by atoms with Gasteiger partial charge in [-0.25, -0.2) is 13.4 Å². The first kappa shape index (κ1) is 37.8. The highest BCUT2D eigenvalue weighted by Crippen LogP contribution is 2.44. The predicted molar refractivity (Wildman–Crippen MR) is 203 cm³/mol. The van der Waals surface area contributed by atoms with Crippen LogP contribution in [0.5, 0.6) is 11.6 Å². The van der Waals surface area contributed by atoms with E-state index in [1.54, 1.807) is 42.5 Å². The van der Waals surface area contributed by atoms with Gasteiger partial charge in [0, 0.05) is 37.4 Å². The normalized spacial score (nSPS) is 23.4. The number of fused-ring (bicyclic) bond motifs is 1. The Balaban J connectivity index is 1.31. The van der Waals surface area contributed by atoms with Crippen LogP contribution in [0.1, 0.15) is 56.8 Å². The number of hydrogen-bond acceptors (Lipinski definition) is 10. The maximum Gasteiger partial charge on any atom is 0.260 e. The van der Waals surface area contributed by atoms with Crippen molar-refractivity contribution in [3.8, 4) is 11.6 Å². The van der Waals surface area contributed by atoms with Crippen LogP contribution in [-0.2, 0) is 24.4 Å². The largest absolute Gasteiger partial charge is 0.494 e. The third-order valence-corrected chi connectivity index (χ3v) is 13.1. The number of carbonyl (C=O) groups is 4. The number of amides is 4. The van der Waals surface area contributed by atoms with Gasteiger partial charge in [0.1, 0.15) is 29.5 Å². The lowest BCUT2D eigenvalue weighted by Crippen LogP contribution is -2.58. The molecule has 1 aromatic heterocycles. The van der Waals surface area contributed by atoms with Gasteiger partial charge in [-0.2, -0.15) is 0 Å². The van der Waals surface area contributed by atoms with Crippen LogP contribution in [-0.4, -0.2) is 88.5 Å². The molecule has 2 saturated carbocycles. The van der Waals surface area contributed by atoms with Crippen molar-refractivity contribution in [2.45, 2.75) is 79.4 Å². The Kier molecular flexibility index (Phi) is 10.3. The monoisotopic (exact) mass is 866 g/mol. The Labute approximate surface area is 320 Å². The number of likely N-dealkylation sites (tertiary alicyclic amines) is 1. The number of rotatable bonds is 12. The first-order valence-electron chi connectivity index (χ1n) is 16.7. The van der Waals surface area contributed by atoms with Gasteiger partial charge in [0.05, 0.1) is 25.1 Å². The van der Waals surface area contributed by atoms with E-state index in [2.05, 4.69) is 20.3 Å². The van der Waals surface area contributed by atoms with Crippen LogP contribution < -0.4 is 30.6 Å². The number of hydrogen-bond donors (Lipinski definition) is 4. The van der Waals surface area contributed by atoms with Crippen molar-refractivity contribution in [1.82, 2.24) is 19.9 Å². The van der Waals surface area contributed by atoms with Gasteiger partial charge in [-0.1, -0.05) is 61.0 Å². The number of carbonyl (C=O) groups excluding carboxylic acids is 4. The van der Waals surface area contributed by atoms with Crippen molar-refractivity contribution in [2.75, 3.05) is 19.0 Å². The number of pyridine rings is 1. The van der Waals surface area contributed by atoms with Gasteiger partial charge in [0.2, 0.25) is 33.6 Å². The fourth-order valence-electron chi connectivity index (χ4n) is 6.33. The van der Waals surface area contributed by atoms with Crippen molar-refractivity contribution in [2.24, 2.45) is 11.1 Å². The molecule has 2 aromatic carbocycles. The number of primary amides is 1. The first-order chi connectivity index (χ1) is 24.4. The second-order valence-electron chi connectivity index (χ2n) is 14.5. The Bertz CT molecular complexity index is 2060. The summed E-state index contributed by atoms with van der Waals surface area (Å²) >= 11 is 8.35. The van der Waals surface area contributed by atoms with Crippen LogP contribution in [0.15, 0.2) is 48.7 Å². The molecular weight excluding hydrogens is 827 g/mol. The third-order valence-electron chi connectivity index (χ3n) is 9.52. The number of anilines is 1. The number of nitrogens with two attached hydrogens (primary N) is 1. The quantitative estimate of drug-likeness (QED) is 0.154. The smallest absolute Gasteiger partial charge is 0.260 e. The zero-order valence-corrected chi connectivity index (χ0v) is 32.7. The summed E-state index contributed by atoms with van der Waals surface area (Å²) in [6.45, 7) is 5.56. The maximum absolute atomic E-state index is 14.6. The highest BCUT2D eigenvalue weighted by molar-refractivity contribution is 14.1. The van der Waals surface area contributed by atoms with E-state index in [9.17, 15) is 27.6 Å². The van der Waals surface area contributed by atoms with E-state index in [-0.39, 0.29) is 34.8 Å². The topological polar surface area (TPSA) is 199 Å². The summed E-state index contributed by atoms with van der Waals surface area (Å²) in [5.74, 6) is -1.77. The number of methoxy groups -OCH3 is 1. The number of sulfonamides is 1. The average Bonchev–Trinajstić information content (AvgIpc) is 4.00. The molecule has 0 unspecified atom stereocenters. The number of aromatic nitrogens is 1. The lowest BCUT2D eigenvalue weighted by atomic mass is 9.85. The van der Waals surface area contributed by atoms with Crippen molar-refractivity contribution in [3.05, 3.63) is 59.2 Å². The van der Waals surface area contributed by atoms with Crippen LogP contribution >= 0.6 is 34.2 Å². The summed E-state index contributed by atoms with van der Waals surface area (Å²) in [6.07, 6.45) is 1.98. The molecule has 14 nitrogen and oxygen atoms in total. The molecule has 2 aliphatic carbocycles. The van der Waals surface area contributed by atoms with Crippen LogP contribution in [0.4, 0.5) is 5.69 Å². The summed E-state index contributed by atoms with van der Waals surface area (Å²) in [7, 11) is -2.35. The fourth-order valence-corrected chi connectivity index (χ4v) is 9.00. The Morgan fingerprint density at radius 1 is 1.12 bits per heavy atom. The minimum atomic E-state index is -3.87. The van der Waals surface area contributed by atoms with Crippen molar-refractivity contribution in [1.29, 1.82) is 0 Å². The Morgan fingerprint density at radius 2 is 1.83 bits per heavy atom. The van der Waals surface area contributed by atoms with Gasteiger partial charge in [-0.3, -0.25) is 23.9 Å². The van der Waals surface area contributed by atoms with Crippen LogP contribution in [0, 0.1) is 5.41 Å². The third kappa shape index (κ3) is 7.74. The van der Waals surface area contributed by atoms with E-state index in [1.165, 1.54) is 18.2 Å². The second kappa shape index (κ2) is 14.2. The molecule has 3 fully saturated rings. The number of nitrogens with one attached hydrogen (secondary N) is 3. The molecule has 4 amide bonds. The highest BCUT2D eigenvalue weighted by atomic mass is 127. The molecule has 0 spiro atoms. The predicted octanol–water partition coefficient (Wildman–Crippen LogP) is 3.54. The summed E-state index contributed by atoms with van der Waals surface area (Å²) in [5.41, 5.74) is 4.06. The minimum Gasteiger partial charge on any atom is -0.494 e. The van der Waals surface area contributed by atoms with E-state index < -0.39 is 68.0 Å². The molecular formula is C35H40ClIN6O8S. The summed E-state index contributed by atoms with van der Waals surface area (Å²) in [6, 6.07) is 9.63. The van der Waals surface area contributed by atoms with Crippen molar-refractivity contribution < 1.29 is 37.1 Å². The zero-order valence-electron chi connectivity index (χ0n) is 28.9. The van der Waals surface area contributed by atoms with Crippen LogP contribution in [0.3, 0.4) is 0 Å². The second-order valence-corrected chi connectivity index (χ2v) is 18.4. The molecule has 1 aliphatic heterocycles.